The number of carbonyl (C=O) groups is 2. The summed E-state index contributed by atoms with van der Waals surface area (Å²) in [6.07, 6.45) is 3.13. The Bertz CT molecular complexity index is 1530. The highest BCUT2D eigenvalue weighted by molar-refractivity contribution is 6.40. The monoisotopic (exact) mass is 501 g/mol. The van der Waals surface area contributed by atoms with E-state index in [9.17, 15) is 9.59 Å². The van der Waals surface area contributed by atoms with Gasteiger partial charge in [0.15, 0.2) is 0 Å². The predicted octanol–water partition coefficient (Wildman–Crippen LogP) is 6.44. The van der Waals surface area contributed by atoms with E-state index in [1.165, 1.54) is 6.20 Å². The van der Waals surface area contributed by atoms with Crippen molar-refractivity contribution in [2.24, 2.45) is 0 Å². The number of pyridine rings is 1. The minimum Gasteiger partial charge on any atom is -0.338 e. The summed E-state index contributed by atoms with van der Waals surface area (Å²) in [5.41, 5.74) is 4.28. The van der Waals surface area contributed by atoms with E-state index in [1.807, 2.05) is 24.3 Å². The van der Waals surface area contributed by atoms with E-state index in [2.05, 4.69) is 25.6 Å². The van der Waals surface area contributed by atoms with E-state index in [-0.39, 0.29) is 21.5 Å². The molecule has 5 rings (SSSR count). The normalized spacial score (nSPS) is 10.8. The van der Waals surface area contributed by atoms with Crippen molar-refractivity contribution in [3.63, 3.8) is 0 Å². The van der Waals surface area contributed by atoms with Crippen molar-refractivity contribution in [1.82, 2.24) is 15.0 Å². The molecule has 5 aromatic rings. The molecule has 0 saturated heterocycles. The lowest BCUT2D eigenvalue weighted by Gasteiger charge is -2.08. The Morgan fingerprint density at radius 1 is 0.800 bits per heavy atom. The number of aromatic amines is 1. The molecule has 3 aromatic carbocycles. The van der Waals surface area contributed by atoms with Crippen LogP contribution >= 0.6 is 23.2 Å². The summed E-state index contributed by atoms with van der Waals surface area (Å²) < 4.78 is 0. The highest BCUT2D eigenvalue weighted by Gasteiger charge is 2.15. The molecule has 3 N–H and O–H groups in total. The van der Waals surface area contributed by atoms with E-state index in [0.29, 0.717) is 22.8 Å². The van der Waals surface area contributed by atoms with Gasteiger partial charge in [0.25, 0.3) is 11.8 Å². The number of aromatic nitrogens is 3. The lowest BCUT2D eigenvalue weighted by atomic mass is 10.1. The Hall–Kier alpha value is -4.20. The van der Waals surface area contributed by atoms with Crippen LogP contribution in [0.15, 0.2) is 85.2 Å². The fourth-order valence-electron chi connectivity index (χ4n) is 3.54. The van der Waals surface area contributed by atoms with Gasteiger partial charge in [0, 0.05) is 29.3 Å². The Morgan fingerprint density at radius 2 is 1.51 bits per heavy atom. The average Bonchev–Trinajstić information content (AvgIpc) is 3.28. The van der Waals surface area contributed by atoms with Crippen LogP contribution in [0.2, 0.25) is 10.0 Å². The Kier molecular flexibility index (Phi) is 6.18. The number of halogens is 2. The van der Waals surface area contributed by atoms with Gasteiger partial charge < -0.3 is 15.6 Å². The van der Waals surface area contributed by atoms with Crippen LogP contribution in [0.5, 0.6) is 0 Å². The summed E-state index contributed by atoms with van der Waals surface area (Å²) in [6, 6.07) is 21.0. The average molecular weight is 502 g/mol. The van der Waals surface area contributed by atoms with Gasteiger partial charge in [-0.25, -0.2) is 4.98 Å². The van der Waals surface area contributed by atoms with Crippen LogP contribution in [0, 0.1) is 0 Å². The van der Waals surface area contributed by atoms with Crippen molar-refractivity contribution in [2.45, 2.75) is 0 Å². The lowest BCUT2D eigenvalue weighted by molar-refractivity contribution is 0.101. The second-order valence-electron chi connectivity index (χ2n) is 7.64. The molecular formula is C26H17Cl2N5O2. The van der Waals surface area contributed by atoms with Crippen molar-refractivity contribution < 1.29 is 9.59 Å². The third-order valence-corrected chi connectivity index (χ3v) is 5.90. The summed E-state index contributed by atoms with van der Waals surface area (Å²) in [4.78, 5) is 36.8. The van der Waals surface area contributed by atoms with Crippen LogP contribution in [0.4, 0.5) is 11.4 Å². The molecule has 2 aromatic heterocycles. The molecule has 35 heavy (non-hydrogen) atoms. The van der Waals surface area contributed by atoms with Crippen molar-refractivity contribution in [1.29, 1.82) is 0 Å². The summed E-state index contributed by atoms with van der Waals surface area (Å²) in [7, 11) is 0. The minimum absolute atomic E-state index is 0.226. The molecule has 0 aliphatic heterocycles. The lowest BCUT2D eigenvalue weighted by Crippen LogP contribution is -2.13. The summed E-state index contributed by atoms with van der Waals surface area (Å²) in [6.45, 7) is 0. The van der Waals surface area contributed by atoms with Crippen LogP contribution in [0.3, 0.4) is 0 Å². The van der Waals surface area contributed by atoms with Gasteiger partial charge in [-0.3, -0.25) is 14.6 Å². The predicted molar refractivity (Wildman–Crippen MR) is 138 cm³/mol. The number of rotatable bonds is 5. The first-order chi connectivity index (χ1) is 17.0. The second-order valence-corrected chi connectivity index (χ2v) is 8.46. The number of benzene rings is 3. The number of amides is 2. The number of nitrogens with zero attached hydrogens (tertiary/aromatic N) is 2. The van der Waals surface area contributed by atoms with Gasteiger partial charge in [-0.15, -0.1) is 0 Å². The Labute approximate surface area is 210 Å². The van der Waals surface area contributed by atoms with Gasteiger partial charge in [0.1, 0.15) is 5.82 Å². The number of fused-ring (bicyclic) bond motifs is 1. The van der Waals surface area contributed by atoms with Gasteiger partial charge in [-0.1, -0.05) is 29.3 Å². The first-order valence-electron chi connectivity index (χ1n) is 10.5. The van der Waals surface area contributed by atoms with E-state index in [4.69, 9.17) is 23.2 Å². The molecule has 0 bridgehead atoms. The smallest absolute Gasteiger partial charge is 0.258 e. The standard InChI is InChI=1S/C26H17Cl2N5O2/c27-19-4-1-5-20(28)23(19)26(35)30-17-8-6-15(7-9-17)24-32-21-11-10-18(13-22(21)33-24)31-25(34)16-3-2-12-29-14-16/h1-14H,(H,30,35)(H,31,34)(H,32,33). The maximum Gasteiger partial charge on any atom is 0.258 e. The maximum atomic E-state index is 12.6. The van der Waals surface area contributed by atoms with Gasteiger partial charge in [-0.2, -0.15) is 0 Å². The van der Waals surface area contributed by atoms with Gasteiger partial charge in [0.05, 0.1) is 32.2 Å². The fourth-order valence-corrected chi connectivity index (χ4v) is 4.11. The zero-order chi connectivity index (χ0) is 24.4. The topological polar surface area (TPSA) is 99.8 Å². The largest absolute Gasteiger partial charge is 0.338 e. The number of imidazole rings is 1. The van der Waals surface area contributed by atoms with E-state index in [1.54, 1.807) is 54.7 Å². The Morgan fingerprint density at radius 3 is 2.23 bits per heavy atom. The highest BCUT2D eigenvalue weighted by atomic mass is 35.5. The molecule has 7 nitrogen and oxygen atoms in total. The zero-order valence-corrected chi connectivity index (χ0v) is 19.6. The summed E-state index contributed by atoms with van der Waals surface area (Å²) >= 11 is 12.2. The van der Waals surface area contributed by atoms with E-state index in [0.717, 1.165) is 16.6 Å². The number of H-pyrrole nitrogens is 1. The molecule has 2 heterocycles. The SMILES string of the molecule is O=C(Nc1ccc2nc(-c3ccc(NC(=O)c4c(Cl)cccc4Cl)cc3)[nH]c2c1)c1cccnc1. The molecule has 0 aliphatic carbocycles. The molecule has 9 heteroatoms. The molecule has 2 amide bonds. The third kappa shape index (κ3) is 4.87. The highest BCUT2D eigenvalue weighted by Crippen LogP contribution is 2.27. The van der Waals surface area contributed by atoms with Crippen molar-refractivity contribution in [3.8, 4) is 11.4 Å². The maximum absolute atomic E-state index is 12.6. The van der Waals surface area contributed by atoms with Crippen molar-refractivity contribution >= 4 is 57.4 Å². The number of nitrogens with one attached hydrogen (secondary N) is 3. The number of anilines is 2. The molecule has 0 spiro atoms. The van der Waals surface area contributed by atoms with Gasteiger partial charge in [0.2, 0.25) is 0 Å². The number of carbonyl (C=O) groups excluding carboxylic acids is 2. The molecule has 0 atom stereocenters. The minimum atomic E-state index is -0.391. The van der Waals surface area contributed by atoms with E-state index >= 15 is 0 Å². The van der Waals surface area contributed by atoms with Crippen LogP contribution in [0.25, 0.3) is 22.4 Å². The van der Waals surface area contributed by atoms with Crippen LogP contribution in [-0.4, -0.2) is 26.8 Å². The van der Waals surface area contributed by atoms with Gasteiger partial charge in [-0.05, 0) is 66.7 Å². The molecular weight excluding hydrogens is 485 g/mol. The molecule has 0 saturated carbocycles. The van der Waals surface area contributed by atoms with Crippen molar-refractivity contribution in [3.05, 3.63) is 106 Å². The first-order valence-corrected chi connectivity index (χ1v) is 11.3. The van der Waals surface area contributed by atoms with Gasteiger partial charge >= 0.3 is 0 Å². The van der Waals surface area contributed by atoms with Crippen LogP contribution in [0.1, 0.15) is 20.7 Å². The molecule has 172 valence electrons. The summed E-state index contributed by atoms with van der Waals surface area (Å²) in [5.74, 6) is 0.0219. The quantitative estimate of drug-likeness (QED) is 0.258. The van der Waals surface area contributed by atoms with Crippen molar-refractivity contribution in [2.75, 3.05) is 10.6 Å². The second kappa shape index (κ2) is 9.58. The third-order valence-electron chi connectivity index (χ3n) is 5.27. The van der Waals surface area contributed by atoms with Crippen LogP contribution in [-0.2, 0) is 0 Å². The molecule has 0 aliphatic rings. The Balaban J connectivity index is 1.32. The number of hydrogen-bond acceptors (Lipinski definition) is 4. The summed E-state index contributed by atoms with van der Waals surface area (Å²) in [5, 5.41) is 6.23. The fraction of sp³-hybridized carbons (Fsp3) is 0. The van der Waals surface area contributed by atoms with E-state index < -0.39 is 5.91 Å². The molecule has 0 fully saturated rings. The van der Waals surface area contributed by atoms with Crippen LogP contribution < -0.4 is 10.6 Å². The zero-order valence-electron chi connectivity index (χ0n) is 18.0. The number of hydrogen-bond donors (Lipinski definition) is 3. The molecule has 0 unspecified atom stereocenters. The molecule has 0 radical (unpaired) electrons. The first kappa shape index (κ1) is 22.6.